The number of morpholine rings is 4. The standard InChI is InChI=1S/C27H47FN9O4P3/c1-32-7-2-8-37(25-26-3-5-27(28)6-4-26)42(32)29-43(33-9-17-38-18-10-33,34-11-19-39-20-12-34)31-44(30-42,35-13-21-40-22-14-35)36-15-23-41-24-16-36/h3-6H,2,7-25H2,1H3. The Hall–Kier alpha value is -0.560. The summed E-state index contributed by atoms with van der Waals surface area (Å²) in [6, 6.07) is 6.95. The SMILES string of the molecule is CN1CCCN(Cc2ccc(F)cc2)P12=NP(N1CCOCC1)(N1CCOCC1)=NP(N1CCOCC1)(N1CCOCC1)=N2. The molecule has 1 spiro atoms. The number of hydrogen-bond acceptors (Lipinski definition) is 13. The van der Waals surface area contributed by atoms with Crippen LogP contribution in [-0.2, 0) is 25.5 Å². The fourth-order valence-electron chi connectivity index (χ4n) is 6.83. The van der Waals surface area contributed by atoms with E-state index in [2.05, 4.69) is 35.1 Å². The second-order valence-corrected chi connectivity index (χ2v) is 20.8. The third-order valence-electron chi connectivity index (χ3n) is 9.20. The summed E-state index contributed by atoms with van der Waals surface area (Å²) in [7, 11) is -5.78. The molecule has 1 aromatic carbocycles. The van der Waals surface area contributed by atoms with Crippen molar-refractivity contribution in [3.63, 3.8) is 0 Å². The van der Waals surface area contributed by atoms with E-state index in [0.717, 1.165) is 77.4 Å². The van der Waals surface area contributed by atoms with E-state index in [1.54, 1.807) is 12.1 Å². The van der Waals surface area contributed by atoms with Crippen molar-refractivity contribution in [2.45, 2.75) is 13.0 Å². The number of rotatable bonds is 6. The maximum atomic E-state index is 14.0. The van der Waals surface area contributed by atoms with Crippen molar-refractivity contribution in [2.24, 2.45) is 13.5 Å². The van der Waals surface area contributed by atoms with E-state index in [1.807, 2.05) is 12.1 Å². The third kappa shape index (κ3) is 6.10. The lowest BCUT2D eigenvalue weighted by Crippen LogP contribution is -2.46. The molecule has 1 aromatic rings. The zero-order valence-corrected chi connectivity index (χ0v) is 28.5. The normalized spacial score (nSPS) is 31.7. The minimum absolute atomic E-state index is 0.214. The maximum absolute atomic E-state index is 14.0. The van der Waals surface area contributed by atoms with Gasteiger partial charge in [0.25, 0.3) is 0 Å². The molecule has 7 rings (SSSR count). The van der Waals surface area contributed by atoms with E-state index in [1.165, 1.54) is 0 Å². The van der Waals surface area contributed by atoms with Crippen molar-refractivity contribution >= 4 is 22.5 Å². The van der Waals surface area contributed by atoms with Crippen molar-refractivity contribution in [1.82, 2.24) is 28.0 Å². The van der Waals surface area contributed by atoms with Gasteiger partial charge in [0, 0.05) is 72.0 Å². The van der Waals surface area contributed by atoms with E-state index in [4.69, 9.17) is 32.5 Å². The molecule has 5 saturated heterocycles. The largest absolute Gasteiger partial charge is 0.379 e. The number of ether oxygens (including phenoxy) is 4. The maximum Gasteiger partial charge on any atom is 0.221 e. The van der Waals surface area contributed by atoms with Gasteiger partial charge in [-0.1, -0.05) is 12.1 Å². The third-order valence-corrected chi connectivity index (χ3v) is 21.8. The fraction of sp³-hybridized carbons (Fsp3) is 0.778. The van der Waals surface area contributed by atoms with Crippen molar-refractivity contribution in [3.05, 3.63) is 35.6 Å². The number of benzene rings is 1. The van der Waals surface area contributed by atoms with Gasteiger partial charge in [0.05, 0.1) is 52.9 Å². The van der Waals surface area contributed by atoms with Crippen LogP contribution in [0.25, 0.3) is 0 Å². The van der Waals surface area contributed by atoms with Crippen LogP contribution in [-0.4, -0.2) is 153 Å². The average molecular weight is 674 g/mol. The molecule has 1 atom stereocenters. The Morgan fingerprint density at radius 2 is 0.955 bits per heavy atom. The van der Waals surface area contributed by atoms with Crippen LogP contribution in [0.1, 0.15) is 12.0 Å². The molecule has 0 N–H and O–H groups in total. The highest BCUT2D eigenvalue weighted by Crippen LogP contribution is 2.83. The van der Waals surface area contributed by atoms with Gasteiger partial charge in [-0.15, -0.1) is 0 Å². The van der Waals surface area contributed by atoms with Crippen molar-refractivity contribution in [2.75, 3.05) is 125 Å². The molecule has 0 aromatic heterocycles. The Morgan fingerprint density at radius 3 is 1.39 bits per heavy atom. The molecular formula is C27H47FN9O4P3. The predicted octanol–water partition coefficient (Wildman–Crippen LogP) is 4.14. The Kier molecular flexibility index (Phi) is 10.1. The van der Waals surface area contributed by atoms with Crippen LogP contribution < -0.4 is 0 Å². The molecule has 44 heavy (non-hydrogen) atoms. The van der Waals surface area contributed by atoms with Gasteiger partial charge in [-0.05, 0) is 31.2 Å². The smallest absolute Gasteiger partial charge is 0.221 e. The Morgan fingerprint density at radius 1 is 0.568 bits per heavy atom. The highest BCUT2D eigenvalue weighted by Gasteiger charge is 2.52. The first-order chi connectivity index (χ1) is 21.5. The molecule has 5 fully saturated rings. The van der Waals surface area contributed by atoms with Gasteiger partial charge >= 0.3 is 0 Å². The molecule has 1 unspecified atom stereocenters. The second-order valence-electron chi connectivity index (χ2n) is 11.9. The van der Waals surface area contributed by atoms with Gasteiger partial charge in [-0.2, -0.15) is 13.5 Å². The molecule has 6 aliphatic heterocycles. The molecule has 0 amide bonds. The minimum Gasteiger partial charge on any atom is -0.379 e. The zero-order valence-electron chi connectivity index (χ0n) is 25.8. The topological polar surface area (TPSA) is 93.4 Å². The molecule has 13 nitrogen and oxygen atoms in total. The summed E-state index contributed by atoms with van der Waals surface area (Å²) in [5.41, 5.74) is 1.08. The molecule has 17 heteroatoms. The Bertz CT molecular complexity index is 1230. The number of halogens is 1. The molecule has 0 saturated carbocycles. The van der Waals surface area contributed by atoms with E-state index < -0.39 is 22.5 Å². The quantitative estimate of drug-likeness (QED) is 0.411. The van der Waals surface area contributed by atoms with Crippen LogP contribution >= 0.6 is 22.5 Å². The average Bonchev–Trinajstić information content (AvgIpc) is 3.09. The lowest BCUT2D eigenvalue weighted by Gasteiger charge is -2.55. The van der Waals surface area contributed by atoms with Gasteiger partial charge in [0.2, 0.25) is 22.5 Å². The molecular weight excluding hydrogens is 626 g/mol. The monoisotopic (exact) mass is 673 g/mol. The Labute approximate surface area is 261 Å². The van der Waals surface area contributed by atoms with Crippen molar-refractivity contribution in [1.29, 1.82) is 0 Å². The molecule has 6 heterocycles. The lowest BCUT2D eigenvalue weighted by atomic mass is 10.2. The van der Waals surface area contributed by atoms with Gasteiger partial charge < -0.3 is 18.9 Å². The van der Waals surface area contributed by atoms with Gasteiger partial charge in [-0.25, -0.2) is 32.4 Å². The van der Waals surface area contributed by atoms with Crippen LogP contribution in [0.5, 0.6) is 0 Å². The van der Waals surface area contributed by atoms with Gasteiger partial charge in [-0.3, -0.25) is 0 Å². The molecule has 0 radical (unpaired) electrons. The fourth-order valence-corrected chi connectivity index (χ4v) is 22.8. The summed E-state index contributed by atoms with van der Waals surface area (Å²) < 4.78 is 71.4. The lowest BCUT2D eigenvalue weighted by molar-refractivity contribution is 0.0547. The Balaban J connectivity index is 1.50. The van der Waals surface area contributed by atoms with Crippen LogP contribution in [0.15, 0.2) is 37.8 Å². The summed E-state index contributed by atoms with van der Waals surface area (Å²) in [4.78, 5) is 0. The highest BCUT2D eigenvalue weighted by atomic mass is 31.3. The van der Waals surface area contributed by atoms with Gasteiger partial charge in [0.1, 0.15) is 5.82 Å². The molecule has 6 aliphatic rings. The predicted molar refractivity (Wildman–Crippen MR) is 172 cm³/mol. The van der Waals surface area contributed by atoms with E-state index in [0.29, 0.717) is 59.4 Å². The van der Waals surface area contributed by atoms with Crippen LogP contribution in [0.4, 0.5) is 4.39 Å². The highest BCUT2D eigenvalue weighted by molar-refractivity contribution is 7.83. The number of nitrogens with zero attached hydrogens (tertiary/aromatic N) is 9. The van der Waals surface area contributed by atoms with E-state index >= 15 is 0 Å². The summed E-state index contributed by atoms with van der Waals surface area (Å²) in [5.74, 6) is -0.214. The second kappa shape index (κ2) is 13.9. The first-order valence-corrected chi connectivity index (χ1v) is 20.8. The summed E-state index contributed by atoms with van der Waals surface area (Å²) in [6.45, 7) is 14.3. The number of hydrogen-bond donors (Lipinski definition) is 0. The molecule has 0 bridgehead atoms. The molecule has 246 valence electrons. The first kappa shape index (κ1) is 32.0. The van der Waals surface area contributed by atoms with Crippen LogP contribution in [0.3, 0.4) is 0 Å². The summed E-state index contributed by atoms with van der Waals surface area (Å²) in [6.07, 6.45) is 1.03. The summed E-state index contributed by atoms with van der Waals surface area (Å²) >= 11 is 0. The summed E-state index contributed by atoms with van der Waals surface area (Å²) in [5, 5.41) is 0. The zero-order chi connectivity index (χ0) is 30.0. The van der Waals surface area contributed by atoms with Crippen LogP contribution in [0, 0.1) is 5.82 Å². The minimum atomic E-state index is -2.67. The van der Waals surface area contributed by atoms with E-state index in [-0.39, 0.29) is 5.82 Å². The van der Waals surface area contributed by atoms with Crippen LogP contribution in [0.2, 0.25) is 0 Å². The van der Waals surface area contributed by atoms with Crippen molar-refractivity contribution < 1.29 is 23.3 Å². The van der Waals surface area contributed by atoms with Gasteiger partial charge in [0.15, 0.2) is 0 Å². The van der Waals surface area contributed by atoms with E-state index in [9.17, 15) is 4.39 Å². The molecule has 0 aliphatic carbocycles. The first-order valence-electron chi connectivity index (χ1n) is 16.0. The van der Waals surface area contributed by atoms with Crippen molar-refractivity contribution in [3.8, 4) is 0 Å².